The van der Waals surface area contributed by atoms with Crippen LogP contribution in [0.1, 0.15) is 26.7 Å². The van der Waals surface area contributed by atoms with Crippen molar-refractivity contribution >= 4 is 5.91 Å². The molecule has 1 saturated heterocycles. The molecule has 1 aliphatic rings. The Labute approximate surface area is 89.9 Å². The zero-order valence-electron chi connectivity index (χ0n) is 9.29. The first-order valence-corrected chi connectivity index (χ1v) is 5.35. The molecule has 15 heavy (non-hydrogen) atoms. The fourth-order valence-electron chi connectivity index (χ4n) is 1.54. The van der Waals surface area contributed by atoms with E-state index >= 15 is 0 Å². The molecule has 1 amide bonds. The number of hydrogen-bond acceptors (Lipinski definition) is 4. The van der Waals surface area contributed by atoms with Crippen molar-refractivity contribution in [3.8, 4) is 0 Å². The minimum absolute atomic E-state index is 0.0789. The lowest BCUT2D eigenvalue weighted by atomic mass is 9.99. The highest BCUT2D eigenvalue weighted by atomic mass is 16.3. The highest BCUT2D eigenvalue weighted by molar-refractivity contribution is 5.82. The third-order valence-corrected chi connectivity index (χ3v) is 2.98. The SMILES string of the molecule is CCC(C)(CO)NC(=O)C1CC(O)CN1. The molecule has 1 rings (SSSR count). The standard InChI is InChI=1S/C10H20N2O3/c1-3-10(2,6-13)12-9(15)8-4-7(14)5-11-8/h7-8,11,13-14H,3-6H2,1-2H3,(H,12,15). The van der Waals surface area contributed by atoms with Gasteiger partial charge in [0, 0.05) is 6.54 Å². The van der Waals surface area contributed by atoms with Gasteiger partial charge in [-0.2, -0.15) is 0 Å². The van der Waals surface area contributed by atoms with Gasteiger partial charge in [-0.1, -0.05) is 6.92 Å². The van der Waals surface area contributed by atoms with Gasteiger partial charge >= 0.3 is 0 Å². The molecule has 1 fully saturated rings. The maximum absolute atomic E-state index is 11.7. The summed E-state index contributed by atoms with van der Waals surface area (Å²) in [6, 6.07) is -0.336. The maximum Gasteiger partial charge on any atom is 0.237 e. The Morgan fingerprint density at radius 2 is 2.33 bits per heavy atom. The van der Waals surface area contributed by atoms with E-state index in [9.17, 15) is 9.90 Å². The summed E-state index contributed by atoms with van der Waals surface area (Å²) in [7, 11) is 0. The second-order valence-electron chi connectivity index (χ2n) is 4.41. The molecule has 1 heterocycles. The van der Waals surface area contributed by atoms with Crippen LogP contribution in [0.5, 0.6) is 0 Å². The lowest BCUT2D eigenvalue weighted by molar-refractivity contribution is -0.125. The summed E-state index contributed by atoms with van der Waals surface area (Å²) in [6.45, 7) is 4.09. The molecule has 0 aromatic rings. The Balaban J connectivity index is 2.48. The van der Waals surface area contributed by atoms with Crippen LogP contribution in [-0.4, -0.2) is 47.0 Å². The van der Waals surface area contributed by atoms with E-state index in [1.807, 2.05) is 6.92 Å². The van der Waals surface area contributed by atoms with Crippen molar-refractivity contribution in [2.24, 2.45) is 0 Å². The van der Waals surface area contributed by atoms with E-state index in [0.717, 1.165) is 0 Å². The summed E-state index contributed by atoms with van der Waals surface area (Å²) in [5, 5.41) is 24.1. The molecule has 0 aliphatic carbocycles. The number of β-amino-alcohol motifs (C(OH)–C–C–N with tert-alkyl or cyclic N) is 1. The normalized spacial score (nSPS) is 29.9. The largest absolute Gasteiger partial charge is 0.394 e. The molecular formula is C10H20N2O3. The van der Waals surface area contributed by atoms with Gasteiger partial charge in [0.05, 0.1) is 24.3 Å². The molecule has 88 valence electrons. The van der Waals surface area contributed by atoms with E-state index in [0.29, 0.717) is 19.4 Å². The van der Waals surface area contributed by atoms with E-state index in [2.05, 4.69) is 10.6 Å². The third-order valence-electron chi connectivity index (χ3n) is 2.98. The maximum atomic E-state index is 11.7. The van der Waals surface area contributed by atoms with E-state index in [4.69, 9.17) is 5.11 Å². The number of amides is 1. The van der Waals surface area contributed by atoms with Gasteiger partial charge < -0.3 is 20.8 Å². The first-order valence-electron chi connectivity index (χ1n) is 5.35. The average Bonchev–Trinajstić information content (AvgIpc) is 2.65. The fourth-order valence-corrected chi connectivity index (χ4v) is 1.54. The number of carbonyl (C=O) groups excluding carboxylic acids is 1. The quantitative estimate of drug-likeness (QED) is 0.485. The summed E-state index contributed by atoms with van der Waals surface area (Å²) in [5.74, 6) is -0.148. The smallest absolute Gasteiger partial charge is 0.237 e. The Morgan fingerprint density at radius 3 is 2.73 bits per heavy atom. The second kappa shape index (κ2) is 4.92. The van der Waals surface area contributed by atoms with Gasteiger partial charge in [0.2, 0.25) is 5.91 Å². The number of nitrogens with one attached hydrogen (secondary N) is 2. The van der Waals surface area contributed by atoms with Crippen molar-refractivity contribution in [1.29, 1.82) is 0 Å². The van der Waals surface area contributed by atoms with Crippen LogP contribution in [0.15, 0.2) is 0 Å². The fraction of sp³-hybridized carbons (Fsp3) is 0.900. The van der Waals surface area contributed by atoms with Gasteiger partial charge in [-0.15, -0.1) is 0 Å². The summed E-state index contributed by atoms with van der Waals surface area (Å²) in [6.07, 6.45) is 0.671. The topological polar surface area (TPSA) is 81.6 Å². The van der Waals surface area contributed by atoms with Crippen LogP contribution in [0.4, 0.5) is 0 Å². The average molecular weight is 216 g/mol. The minimum Gasteiger partial charge on any atom is -0.394 e. The van der Waals surface area contributed by atoms with Gasteiger partial charge in [0.1, 0.15) is 0 Å². The molecule has 0 aromatic heterocycles. The van der Waals surface area contributed by atoms with Gasteiger partial charge in [0.25, 0.3) is 0 Å². The van der Waals surface area contributed by atoms with E-state index in [-0.39, 0.29) is 18.6 Å². The zero-order valence-corrected chi connectivity index (χ0v) is 9.29. The van der Waals surface area contributed by atoms with Crippen LogP contribution in [-0.2, 0) is 4.79 Å². The lowest BCUT2D eigenvalue weighted by Crippen LogP contribution is -2.53. The number of aliphatic hydroxyl groups is 2. The number of carbonyl (C=O) groups is 1. The van der Waals surface area contributed by atoms with Crippen molar-refractivity contribution in [2.75, 3.05) is 13.2 Å². The van der Waals surface area contributed by atoms with Gasteiger partial charge in [0.15, 0.2) is 0 Å². The summed E-state index contributed by atoms with van der Waals surface area (Å²) < 4.78 is 0. The van der Waals surface area contributed by atoms with Gasteiger partial charge in [-0.05, 0) is 19.8 Å². The highest BCUT2D eigenvalue weighted by Crippen LogP contribution is 2.11. The van der Waals surface area contributed by atoms with E-state index < -0.39 is 11.6 Å². The third kappa shape index (κ3) is 3.15. The Hall–Kier alpha value is -0.650. The summed E-state index contributed by atoms with van der Waals surface area (Å²) in [4.78, 5) is 11.7. The molecule has 3 unspecified atom stereocenters. The van der Waals surface area contributed by atoms with Crippen molar-refractivity contribution in [3.63, 3.8) is 0 Å². The van der Waals surface area contributed by atoms with Crippen LogP contribution in [0, 0.1) is 0 Å². The van der Waals surface area contributed by atoms with E-state index in [1.165, 1.54) is 0 Å². The van der Waals surface area contributed by atoms with Crippen molar-refractivity contribution in [2.45, 2.75) is 44.4 Å². The van der Waals surface area contributed by atoms with Crippen LogP contribution < -0.4 is 10.6 Å². The molecule has 5 nitrogen and oxygen atoms in total. The molecule has 0 aromatic carbocycles. The lowest BCUT2D eigenvalue weighted by Gasteiger charge is -2.28. The predicted molar refractivity (Wildman–Crippen MR) is 56.3 cm³/mol. The Kier molecular flexibility index (Phi) is 4.07. The summed E-state index contributed by atoms with van der Waals surface area (Å²) >= 11 is 0. The van der Waals surface area contributed by atoms with Crippen molar-refractivity contribution < 1.29 is 15.0 Å². The molecule has 0 radical (unpaired) electrons. The predicted octanol–water partition coefficient (Wildman–Crippen LogP) is -1.01. The number of hydrogen-bond donors (Lipinski definition) is 4. The van der Waals surface area contributed by atoms with Crippen molar-refractivity contribution in [3.05, 3.63) is 0 Å². The van der Waals surface area contributed by atoms with E-state index in [1.54, 1.807) is 6.92 Å². The second-order valence-corrected chi connectivity index (χ2v) is 4.41. The molecule has 3 atom stereocenters. The van der Waals surface area contributed by atoms with Crippen LogP contribution in [0.2, 0.25) is 0 Å². The molecule has 4 N–H and O–H groups in total. The molecule has 0 spiro atoms. The molecule has 0 bridgehead atoms. The zero-order chi connectivity index (χ0) is 11.5. The Bertz CT molecular complexity index is 229. The molecular weight excluding hydrogens is 196 g/mol. The number of rotatable bonds is 4. The molecule has 1 aliphatic heterocycles. The van der Waals surface area contributed by atoms with Crippen molar-refractivity contribution in [1.82, 2.24) is 10.6 Å². The van der Waals surface area contributed by atoms with Crippen LogP contribution >= 0.6 is 0 Å². The summed E-state index contributed by atoms with van der Waals surface area (Å²) in [5.41, 5.74) is -0.563. The first kappa shape index (κ1) is 12.4. The van der Waals surface area contributed by atoms with Crippen LogP contribution in [0.3, 0.4) is 0 Å². The first-order chi connectivity index (χ1) is 7.00. The van der Waals surface area contributed by atoms with Gasteiger partial charge in [-0.3, -0.25) is 4.79 Å². The highest BCUT2D eigenvalue weighted by Gasteiger charge is 2.32. The minimum atomic E-state index is -0.563. The van der Waals surface area contributed by atoms with Crippen LogP contribution in [0.25, 0.3) is 0 Å². The number of aliphatic hydroxyl groups excluding tert-OH is 2. The Morgan fingerprint density at radius 1 is 1.67 bits per heavy atom. The monoisotopic (exact) mass is 216 g/mol. The molecule has 5 heteroatoms. The van der Waals surface area contributed by atoms with Gasteiger partial charge in [-0.25, -0.2) is 0 Å². The molecule has 0 saturated carbocycles.